The standard InChI is InChI=1S/C41H25N3O/c1-2-11-28(12-3-1)39-42-40(44-41(43-39)35-16-8-14-27-10-6-7-15-33(27)35)32-20-22-37-36(24-32)34-21-19-31(25-38(34)45-37)30-18-17-26-9-4-5-13-29(26)23-30/h1-25H. The number of aromatic nitrogens is 3. The number of hydrogen-bond donors (Lipinski definition) is 0. The van der Waals surface area contributed by atoms with Crippen LogP contribution in [0.25, 0.3) is 88.8 Å². The Morgan fingerprint density at radius 2 is 1.00 bits per heavy atom. The predicted molar refractivity (Wildman–Crippen MR) is 184 cm³/mol. The molecule has 2 aromatic heterocycles. The first-order valence-corrected chi connectivity index (χ1v) is 15.0. The summed E-state index contributed by atoms with van der Waals surface area (Å²) in [7, 11) is 0. The van der Waals surface area contributed by atoms with Gasteiger partial charge in [-0.05, 0) is 69.1 Å². The zero-order chi connectivity index (χ0) is 29.7. The van der Waals surface area contributed by atoms with Crippen molar-refractivity contribution in [3.05, 3.63) is 152 Å². The number of furan rings is 1. The minimum absolute atomic E-state index is 0.621. The molecule has 2 heterocycles. The van der Waals surface area contributed by atoms with E-state index in [4.69, 9.17) is 19.4 Å². The maximum absolute atomic E-state index is 6.37. The lowest BCUT2D eigenvalue weighted by molar-refractivity contribution is 0.669. The fourth-order valence-corrected chi connectivity index (χ4v) is 6.23. The Balaban J connectivity index is 1.19. The average molecular weight is 576 g/mol. The largest absolute Gasteiger partial charge is 0.456 e. The van der Waals surface area contributed by atoms with E-state index in [0.29, 0.717) is 17.5 Å². The summed E-state index contributed by atoms with van der Waals surface area (Å²) in [4.78, 5) is 15.0. The van der Waals surface area contributed by atoms with Gasteiger partial charge in [-0.15, -0.1) is 0 Å². The van der Waals surface area contributed by atoms with Crippen LogP contribution >= 0.6 is 0 Å². The van der Waals surface area contributed by atoms with Crippen LogP contribution in [0.1, 0.15) is 0 Å². The molecular weight excluding hydrogens is 550 g/mol. The van der Waals surface area contributed by atoms with Gasteiger partial charge in [0.2, 0.25) is 0 Å². The van der Waals surface area contributed by atoms with E-state index in [1.807, 2.05) is 42.5 Å². The third kappa shape index (κ3) is 4.43. The molecule has 4 heteroatoms. The van der Waals surface area contributed by atoms with Crippen LogP contribution in [0, 0.1) is 0 Å². The Kier molecular flexibility index (Phi) is 5.78. The van der Waals surface area contributed by atoms with Crippen LogP contribution in [0.15, 0.2) is 156 Å². The Labute approximate surface area is 259 Å². The molecule has 0 atom stereocenters. The quantitative estimate of drug-likeness (QED) is 0.209. The molecule has 9 aromatic rings. The summed E-state index contributed by atoms with van der Waals surface area (Å²) in [5.41, 5.74) is 6.79. The second kappa shape index (κ2) is 10.2. The van der Waals surface area contributed by atoms with Gasteiger partial charge in [-0.3, -0.25) is 0 Å². The first-order valence-electron chi connectivity index (χ1n) is 15.0. The normalized spacial score (nSPS) is 11.6. The van der Waals surface area contributed by atoms with Crippen molar-refractivity contribution >= 4 is 43.5 Å². The van der Waals surface area contributed by atoms with E-state index < -0.39 is 0 Å². The van der Waals surface area contributed by atoms with Crippen molar-refractivity contribution in [3.8, 4) is 45.3 Å². The van der Waals surface area contributed by atoms with Crippen LogP contribution in [-0.2, 0) is 0 Å². The number of fused-ring (bicyclic) bond motifs is 5. The maximum Gasteiger partial charge on any atom is 0.164 e. The summed E-state index contributed by atoms with van der Waals surface area (Å²) in [6, 6.07) is 52.3. The van der Waals surface area contributed by atoms with Gasteiger partial charge in [0.05, 0.1) is 0 Å². The van der Waals surface area contributed by atoms with E-state index in [-0.39, 0.29) is 0 Å². The first kappa shape index (κ1) is 25.4. The number of rotatable bonds is 4. The minimum Gasteiger partial charge on any atom is -0.456 e. The molecule has 0 aliphatic carbocycles. The zero-order valence-corrected chi connectivity index (χ0v) is 24.2. The van der Waals surface area contributed by atoms with Crippen molar-refractivity contribution < 1.29 is 4.42 Å². The van der Waals surface area contributed by atoms with Crippen LogP contribution in [0.5, 0.6) is 0 Å². The van der Waals surface area contributed by atoms with E-state index in [2.05, 4.69) is 109 Å². The highest BCUT2D eigenvalue weighted by molar-refractivity contribution is 6.07. The predicted octanol–water partition coefficient (Wildman–Crippen LogP) is 10.7. The second-order valence-electron chi connectivity index (χ2n) is 11.3. The number of nitrogens with zero attached hydrogens (tertiary/aromatic N) is 3. The Hall–Kier alpha value is -6.13. The van der Waals surface area contributed by atoms with Crippen molar-refractivity contribution in [2.75, 3.05) is 0 Å². The van der Waals surface area contributed by atoms with Gasteiger partial charge in [-0.2, -0.15) is 0 Å². The van der Waals surface area contributed by atoms with E-state index in [0.717, 1.165) is 60.5 Å². The first-order chi connectivity index (χ1) is 22.3. The van der Waals surface area contributed by atoms with E-state index in [1.165, 1.54) is 10.8 Å². The van der Waals surface area contributed by atoms with Gasteiger partial charge in [0, 0.05) is 27.5 Å². The number of benzene rings is 7. The summed E-state index contributed by atoms with van der Waals surface area (Å²) in [6.07, 6.45) is 0. The fourth-order valence-electron chi connectivity index (χ4n) is 6.23. The van der Waals surface area contributed by atoms with Crippen LogP contribution in [0.4, 0.5) is 0 Å². The Morgan fingerprint density at radius 1 is 0.333 bits per heavy atom. The van der Waals surface area contributed by atoms with Crippen molar-refractivity contribution in [2.24, 2.45) is 0 Å². The van der Waals surface area contributed by atoms with Gasteiger partial charge in [-0.25, -0.2) is 15.0 Å². The SMILES string of the molecule is c1ccc(-c2nc(-c3ccc4oc5cc(-c6ccc7ccccc7c6)ccc5c4c3)nc(-c3cccc4ccccc34)n2)cc1. The molecule has 0 aliphatic rings. The molecule has 0 aliphatic heterocycles. The molecule has 210 valence electrons. The highest BCUT2D eigenvalue weighted by Crippen LogP contribution is 2.36. The molecule has 9 rings (SSSR count). The molecular formula is C41H25N3O. The molecule has 7 aromatic carbocycles. The Bertz CT molecular complexity index is 2540. The lowest BCUT2D eigenvalue weighted by atomic mass is 10.00. The highest BCUT2D eigenvalue weighted by atomic mass is 16.3. The average Bonchev–Trinajstić information content (AvgIpc) is 3.48. The molecule has 0 fully saturated rings. The third-order valence-corrected chi connectivity index (χ3v) is 8.51. The van der Waals surface area contributed by atoms with Crippen LogP contribution in [0.2, 0.25) is 0 Å². The van der Waals surface area contributed by atoms with Gasteiger partial charge in [0.1, 0.15) is 11.2 Å². The van der Waals surface area contributed by atoms with Crippen molar-refractivity contribution in [2.45, 2.75) is 0 Å². The highest BCUT2D eigenvalue weighted by Gasteiger charge is 2.16. The number of hydrogen-bond acceptors (Lipinski definition) is 4. The molecule has 0 spiro atoms. The van der Waals surface area contributed by atoms with Crippen molar-refractivity contribution in [1.82, 2.24) is 15.0 Å². The van der Waals surface area contributed by atoms with Gasteiger partial charge >= 0.3 is 0 Å². The molecule has 45 heavy (non-hydrogen) atoms. The molecule has 0 N–H and O–H groups in total. The summed E-state index contributed by atoms with van der Waals surface area (Å²) in [5.74, 6) is 1.91. The monoisotopic (exact) mass is 575 g/mol. The van der Waals surface area contributed by atoms with Crippen LogP contribution < -0.4 is 0 Å². The summed E-state index contributed by atoms with van der Waals surface area (Å²) >= 11 is 0. The van der Waals surface area contributed by atoms with Crippen LogP contribution in [0.3, 0.4) is 0 Å². The maximum atomic E-state index is 6.37. The molecule has 0 saturated carbocycles. The van der Waals surface area contributed by atoms with Crippen molar-refractivity contribution in [3.63, 3.8) is 0 Å². The summed E-state index contributed by atoms with van der Waals surface area (Å²) in [6.45, 7) is 0. The summed E-state index contributed by atoms with van der Waals surface area (Å²) < 4.78 is 6.37. The molecule has 0 bridgehead atoms. The lowest BCUT2D eigenvalue weighted by Crippen LogP contribution is -2.00. The fraction of sp³-hybridized carbons (Fsp3) is 0. The van der Waals surface area contributed by atoms with Crippen LogP contribution in [-0.4, -0.2) is 15.0 Å². The van der Waals surface area contributed by atoms with Gasteiger partial charge in [0.15, 0.2) is 17.5 Å². The molecule has 0 radical (unpaired) electrons. The molecule has 0 amide bonds. The van der Waals surface area contributed by atoms with E-state index >= 15 is 0 Å². The molecule has 0 unspecified atom stereocenters. The molecule has 0 saturated heterocycles. The van der Waals surface area contributed by atoms with E-state index in [9.17, 15) is 0 Å². The molecule has 4 nitrogen and oxygen atoms in total. The lowest BCUT2D eigenvalue weighted by Gasteiger charge is -2.10. The summed E-state index contributed by atoms with van der Waals surface area (Å²) in [5, 5.41) is 6.79. The minimum atomic E-state index is 0.621. The van der Waals surface area contributed by atoms with Gasteiger partial charge in [0.25, 0.3) is 0 Å². The second-order valence-corrected chi connectivity index (χ2v) is 11.3. The van der Waals surface area contributed by atoms with Gasteiger partial charge in [-0.1, -0.05) is 115 Å². The van der Waals surface area contributed by atoms with Crippen molar-refractivity contribution in [1.29, 1.82) is 0 Å². The topological polar surface area (TPSA) is 51.8 Å². The zero-order valence-electron chi connectivity index (χ0n) is 24.2. The third-order valence-electron chi connectivity index (χ3n) is 8.51. The smallest absolute Gasteiger partial charge is 0.164 e. The van der Waals surface area contributed by atoms with Gasteiger partial charge < -0.3 is 4.42 Å². The Morgan fingerprint density at radius 3 is 1.89 bits per heavy atom. The van der Waals surface area contributed by atoms with E-state index in [1.54, 1.807) is 0 Å².